The molecule has 1 aromatic carbocycles. The van der Waals surface area contributed by atoms with Crippen molar-refractivity contribution in [1.29, 1.82) is 0 Å². The normalized spacial score (nSPS) is 13.1. The lowest BCUT2D eigenvalue weighted by Gasteiger charge is -2.22. The zero-order valence-corrected chi connectivity index (χ0v) is 22.0. The van der Waals surface area contributed by atoms with E-state index in [4.69, 9.17) is 4.74 Å². The number of aromatic nitrogens is 2. The van der Waals surface area contributed by atoms with Crippen molar-refractivity contribution >= 4 is 0 Å². The number of alkyl halides is 1. The van der Waals surface area contributed by atoms with Crippen LogP contribution in [0.1, 0.15) is 123 Å². The minimum Gasteiger partial charge on any atom is -0.458 e. The second-order valence-corrected chi connectivity index (χ2v) is 9.89. The molecule has 0 saturated carbocycles. The highest BCUT2D eigenvalue weighted by Crippen LogP contribution is 2.27. The van der Waals surface area contributed by atoms with Crippen LogP contribution in [0.25, 0.3) is 11.4 Å². The van der Waals surface area contributed by atoms with Gasteiger partial charge in [-0.3, -0.25) is 0 Å². The molecule has 1 heterocycles. The summed E-state index contributed by atoms with van der Waals surface area (Å²) in [6.45, 7) is 6.01. The Bertz CT molecular complexity index is 758. The van der Waals surface area contributed by atoms with Gasteiger partial charge in [0.15, 0.2) is 5.82 Å². The summed E-state index contributed by atoms with van der Waals surface area (Å²) in [5, 5.41) is 0. The average Bonchev–Trinajstić information content (AvgIpc) is 2.83. The van der Waals surface area contributed by atoms with E-state index in [1.807, 2.05) is 36.7 Å². The molecule has 0 N–H and O–H groups in total. The molecule has 2 rings (SSSR count). The fourth-order valence-electron chi connectivity index (χ4n) is 4.29. The maximum atomic E-state index is 14.8. The first-order valence-electron chi connectivity index (χ1n) is 13.8. The summed E-state index contributed by atoms with van der Waals surface area (Å²) in [6.07, 6.45) is 22.7. The van der Waals surface area contributed by atoms with Gasteiger partial charge in [-0.05, 0) is 49.1 Å². The van der Waals surface area contributed by atoms with E-state index >= 15 is 0 Å². The molecule has 0 amide bonds. The molecule has 1 atom stereocenters. The molecule has 0 radical (unpaired) electrons. The molecule has 190 valence electrons. The Labute approximate surface area is 208 Å². The second kappa shape index (κ2) is 16.6. The van der Waals surface area contributed by atoms with Gasteiger partial charge in [-0.15, -0.1) is 0 Å². The van der Waals surface area contributed by atoms with Crippen molar-refractivity contribution in [2.75, 3.05) is 0 Å². The third-order valence-corrected chi connectivity index (χ3v) is 6.44. The molecule has 0 saturated heterocycles. The molecule has 1 unspecified atom stereocenters. The van der Waals surface area contributed by atoms with Crippen molar-refractivity contribution in [2.45, 2.75) is 129 Å². The molecule has 1 aromatic heterocycles. The first kappa shape index (κ1) is 28.3. The Morgan fingerprint density at radius 1 is 0.706 bits per heavy atom. The van der Waals surface area contributed by atoms with Gasteiger partial charge in [-0.2, -0.15) is 4.39 Å². The predicted octanol–water partition coefficient (Wildman–Crippen LogP) is 9.64. The average molecular weight is 471 g/mol. The number of hydrogen-bond donors (Lipinski definition) is 0. The van der Waals surface area contributed by atoms with E-state index in [9.17, 15) is 4.39 Å². The first-order valence-corrected chi connectivity index (χ1v) is 13.8. The van der Waals surface area contributed by atoms with E-state index in [0.717, 1.165) is 24.8 Å². The maximum absolute atomic E-state index is 14.8. The highest BCUT2D eigenvalue weighted by Gasteiger charge is 2.24. The molecule has 0 aliphatic carbocycles. The molecule has 3 nitrogen and oxygen atoms in total. The Balaban J connectivity index is 1.71. The first-order chi connectivity index (χ1) is 16.5. The zero-order chi connectivity index (χ0) is 24.5. The smallest absolute Gasteiger partial charge is 0.245 e. The second-order valence-electron chi connectivity index (χ2n) is 9.89. The standard InChI is InChI=1S/C30H47FN2O/c1-4-6-8-10-12-14-16-18-26-24-32-29(33-25-26)27-19-21-28(22-20-27)34-30(3,31)23-17-15-13-11-9-7-5-2/h19-22,24-25H,4-18,23H2,1-3H3. The molecule has 4 heteroatoms. The van der Waals surface area contributed by atoms with Crippen LogP contribution in [0.3, 0.4) is 0 Å². The van der Waals surface area contributed by atoms with Crippen molar-refractivity contribution in [3.8, 4) is 17.1 Å². The van der Waals surface area contributed by atoms with Crippen LogP contribution in [0, 0.1) is 0 Å². The minimum absolute atomic E-state index is 0.422. The van der Waals surface area contributed by atoms with E-state index in [-0.39, 0.29) is 0 Å². The van der Waals surface area contributed by atoms with E-state index in [2.05, 4.69) is 23.8 Å². The molecular weight excluding hydrogens is 423 g/mol. The van der Waals surface area contributed by atoms with Gasteiger partial charge in [-0.25, -0.2) is 9.97 Å². The predicted molar refractivity (Wildman–Crippen MR) is 142 cm³/mol. The maximum Gasteiger partial charge on any atom is 0.245 e. The lowest BCUT2D eigenvalue weighted by Crippen LogP contribution is -2.26. The van der Waals surface area contributed by atoms with Gasteiger partial charge in [0.05, 0.1) is 0 Å². The number of aryl methyl sites for hydroxylation is 1. The van der Waals surface area contributed by atoms with E-state index in [1.54, 1.807) is 0 Å². The van der Waals surface area contributed by atoms with Crippen LogP contribution >= 0.6 is 0 Å². The number of unbranched alkanes of at least 4 members (excludes halogenated alkanes) is 12. The summed E-state index contributed by atoms with van der Waals surface area (Å²) >= 11 is 0. The lowest BCUT2D eigenvalue weighted by atomic mass is 10.1. The minimum atomic E-state index is -1.64. The highest BCUT2D eigenvalue weighted by atomic mass is 19.2. The summed E-state index contributed by atoms with van der Waals surface area (Å²) in [6, 6.07) is 7.44. The Morgan fingerprint density at radius 3 is 1.76 bits per heavy atom. The van der Waals surface area contributed by atoms with E-state index in [0.29, 0.717) is 18.0 Å². The molecule has 0 aliphatic rings. The summed E-state index contributed by atoms with van der Waals surface area (Å²) in [5.41, 5.74) is 2.11. The highest BCUT2D eigenvalue weighted by molar-refractivity contribution is 5.55. The SMILES string of the molecule is CCCCCCCCCc1cnc(-c2ccc(OC(C)(F)CCCCCCCCC)cc2)nc1. The molecule has 0 spiro atoms. The number of benzene rings is 1. The largest absolute Gasteiger partial charge is 0.458 e. The van der Waals surface area contributed by atoms with E-state index < -0.39 is 5.85 Å². The third kappa shape index (κ3) is 11.9. The van der Waals surface area contributed by atoms with Gasteiger partial charge in [0, 0.05) is 31.3 Å². The van der Waals surface area contributed by atoms with Crippen molar-refractivity contribution in [2.24, 2.45) is 0 Å². The van der Waals surface area contributed by atoms with Crippen molar-refractivity contribution < 1.29 is 9.13 Å². The van der Waals surface area contributed by atoms with Gasteiger partial charge >= 0.3 is 0 Å². The Morgan fingerprint density at radius 2 is 1.21 bits per heavy atom. The third-order valence-electron chi connectivity index (χ3n) is 6.44. The van der Waals surface area contributed by atoms with Crippen LogP contribution in [0.5, 0.6) is 5.75 Å². The van der Waals surface area contributed by atoms with Gasteiger partial charge in [0.25, 0.3) is 0 Å². The van der Waals surface area contributed by atoms with Crippen LogP contribution in [-0.4, -0.2) is 15.8 Å². The van der Waals surface area contributed by atoms with Crippen LogP contribution in [0.4, 0.5) is 4.39 Å². The van der Waals surface area contributed by atoms with Gasteiger partial charge in [0.2, 0.25) is 5.85 Å². The number of ether oxygens (including phenoxy) is 1. The lowest BCUT2D eigenvalue weighted by molar-refractivity contribution is -0.0530. The van der Waals surface area contributed by atoms with Gasteiger partial charge in [-0.1, -0.05) is 90.9 Å². The zero-order valence-electron chi connectivity index (χ0n) is 22.0. The molecule has 0 fully saturated rings. The Kier molecular flexibility index (Phi) is 13.8. The quantitative estimate of drug-likeness (QED) is 0.192. The monoisotopic (exact) mass is 470 g/mol. The fraction of sp³-hybridized carbons (Fsp3) is 0.667. The topological polar surface area (TPSA) is 35.0 Å². The van der Waals surface area contributed by atoms with Crippen LogP contribution in [0.15, 0.2) is 36.7 Å². The van der Waals surface area contributed by atoms with Crippen LogP contribution in [0.2, 0.25) is 0 Å². The van der Waals surface area contributed by atoms with E-state index in [1.165, 1.54) is 89.5 Å². The number of halogens is 1. The molecular formula is C30H47FN2O. The van der Waals surface area contributed by atoms with Gasteiger partial charge < -0.3 is 4.74 Å². The summed E-state index contributed by atoms with van der Waals surface area (Å²) < 4.78 is 20.5. The number of hydrogen-bond acceptors (Lipinski definition) is 3. The van der Waals surface area contributed by atoms with Crippen molar-refractivity contribution in [3.63, 3.8) is 0 Å². The molecule has 0 bridgehead atoms. The van der Waals surface area contributed by atoms with Crippen LogP contribution in [-0.2, 0) is 6.42 Å². The molecule has 0 aliphatic heterocycles. The summed E-state index contributed by atoms with van der Waals surface area (Å²) in [5.74, 6) is -0.396. The number of nitrogens with zero attached hydrogens (tertiary/aromatic N) is 2. The van der Waals surface area contributed by atoms with Crippen molar-refractivity contribution in [3.05, 3.63) is 42.2 Å². The summed E-state index contributed by atoms with van der Waals surface area (Å²) in [4.78, 5) is 9.09. The number of rotatable bonds is 19. The van der Waals surface area contributed by atoms with Crippen molar-refractivity contribution in [1.82, 2.24) is 9.97 Å². The molecule has 2 aromatic rings. The van der Waals surface area contributed by atoms with Gasteiger partial charge in [0.1, 0.15) is 5.75 Å². The fourth-order valence-corrected chi connectivity index (χ4v) is 4.29. The Hall–Kier alpha value is -1.97. The summed E-state index contributed by atoms with van der Waals surface area (Å²) in [7, 11) is 0. The molecule has 34 heavy (non-hydrogen) atoms. The van der Waals surface area contributed by atoms with Crippen LogP contribution < -0.4 is 4.74 Å².